The van der Waals surface area contributed by atoms with E-state index in [9.17, 15) is 9.18 Å². The minimum atomic E-state index is -0.735. The van der Waals surface area contributed by atoms with Crippen LogP contribution in [0.15, 0.2) is 54.9 Å². The number of pyridine rings is 2. The first-order chi connectivity index (χ1) is 16.3. The van der Waals surface area contributed by atoms with Crippen molar-refractivity contribution in [1.29, 1.82) is 0 Å². The van der Waals surface area contributed by atoms with Crippen molar-refractivity contribution >= 4 is 46.1 Å². The number of fused-ring (bicyclic) bond motifs is 1. The van der Waals surface area contributed by atoms with E-state index in [0.29, 0.717) is 38.6 Å². The largest absolute Gasteiger partial charge is 0.364 e. The van der Waals surface area contributed by atoms with Gasteiger partial charge in [0.25, 0.3) is 5.91 Å². The molecular formula is C22H15Cl2FN8O. The van der Waals surface area contributed by atoms with Crippen molar-refractivity contribution in [3.8, 4) is 17.2 Å². The fourth-order valence-corrected chi connectivity index (χ4v) is 4.08. The topological polar surface area (TPSA) is 116 Å². The predicted octanol–water partition coefficient (Wildman–Crippen LogP) is 4.57. The van der Waals surface area contributed by atoms with Gasteiger partial charge in [-0.15, -0.1) is 10.2 Å². The highest BCUT2D eigenvalue weighted by molar-refractivity contribution is 6.37. The monoisotopic (exact) mass is 496 g/mol. The Bertz CT molecular complexity index is 1540. The second kappa shape index (κ2) is 8.40. The molecule has 5 aromatic rings. The van der Waals surface area contributed by atoms with Gasteiger partial charge in [0, 0.05) is 5.69 Å². The molecule has 0 saturated carbocycles. The molecule has 12 heteroatoms. The Morgan fingerprint density at radius 2 is 1.85 bits per heavy atom. The van der Waals surface area contributed by atoms with E-state index in [1.165, 1.54) is 16.9 Å². The summed E-state index contributed by atoms with van der Waals surface area (Å²) >= 11 is 12.5. The molecule has 0 atom stereocenters. The molecule has 0 bridgehead atoms. The average Bonchev–Trinajstić information content (AvgIpc) is 3.43. The molecule has 9 nitrogen and oxygen atoms in total. The van der Waals surface area contributed by atoms with E-state index in [1.54, 1.807) is 47.0 Å². The van der Waals surface area contributed by atoms with Crippen LogP contribution in [0.25, 0.3) is 22.9 Å². The summed E-state index contributed by atoms with van der Waals surface area (Å²) in [7, 11) is 0. The summed E-state index contributed by atoms with van der Waals surface area (Å²) in [5.74, 6) is -0.809. The van der Waals surface area contributed by atoms with Crippen LogP contribution < -0.4 is 11.1 Å². The molecule has 170 valence electrons. The van der Waals surface area contributed by atoms with Crippen molar-refractivity contribution in [2.24, 2.45) is 5.73 Å². The number of para-hydroxylation sites is 1. The summed E-state index contributed by atoms with van der Waals surface area (Å²) in [5, 5.41) is 16.0. The van der Waals surface area contributed by atoms with Crippen LogP contribution in [0.1, 0.15) is 16.2 Å². The molecule has 0 aliphatic heterocycles. The fraction of sp³-hybridized carbons (Fsp3) is 0.0455. The smallest absolute Gasteiger partial charge is 0.271 e. The van der Waals surface area contributed by atoms with E-state index in [-0.39, 0.29) is 11.3 Å². The van der Waals surface area contributed by atoms with E-state index in [0.717, 1.165) is 5.69 Å². The third kappa shape index (κ3) is 3.72. The molecule has 34 heavy (non-hydrogen) atoms. The number of nitrogens with two attached hydrogens (primary N) is 1. The van der Waals surface area contributed by atoms with Crippen LogP contribution in [0, 0.1) is 12.7 Å². The number of nitrogens with zero attached hydrogens (tertiary/aromatic N) is 6. The Labute approximate surface area is 202 Å². The van der Waals surface area contributed by atoms with Crippen molar-refractivity contribution in [3.05, 3.63) is 82.1 Å². The number of aromatic nitrogens is 6. The number of halogens is 3. The molecule has 4 aromatic heterocycles. The Balaban J connectivity index is 1.49. The molecule has 0 radical (unpaired) electrons. The second-order valence-electron chi connectivity index (χ2n) is 7.33. The first-order valence-electron chi connectivity index (χ1n) is 9.91. The number of amides is 1. The lowest BCUT2D eigenvalue weighted by Gasteiger charge is -2.07. The Morgan fingerprint density at radius 1 is 1.09 bits per heavy atom. The minimum Gasteiger partial charge on any atom is -0.364 e. The lowest BCUT2D eigenvalue weighted by molar-refractivity contribution is 0.0996. The maximum Gasteiger partial charge on any atom is 0.271 e. The number of carbonyl (C=O) groups excluding carboxylic acids is 1. The molecule has 0 unspecified atom stereocenters. The van der Waals surface area contributed by atoms with Crippen LogP contribution in [-0.4, -0.2) is 35.3 Å². The van der Waals surface area contributed by atoms with Crippen LogP contribution in [0.4, 0.5) is 15.8 Å². The van der Waals surface area contributed by atoms with Crippen molar-refractivity contribution < 1.29 is 9.18 Å². The molecule has 1 aromatic carbocycles. The second-order valence-corrected chi connectivity index (χ2v) is 8.15. The minimum absolute atomic E-state index is 0.00499. The van der Waals surface area contributed by atoms with Crippen molar-refractivity contribution in [3.63, 3.8) is 0 Å². The maximum absolute atomic E-state index is 14.1. The zero-order chi connectivity index (χ0) is 24.0. The lowest BCUT2D eigenvalue weighted by Crippen LogP contribution is -2.14. The summed E-state index contributed by atoms with van der Waals surface area (Å²) in [6.07, 6.45) is 3.09. The summed E-state index contributed by atoms with van der Waals surface area (Å²) < 4.78 is 17.0. The summed E-state index contributed by atoms with van der Waals surface area (Å²) in [4.78, 5) is 16.4. The number of anilines is 2. The highest BCUT2D eigenvalue weighted by Gasteiger charge is 2.19. The van der Waals surface area contributed by atoms with Crippen molar-refractivity contribution in [1.82, 2.24) is 29.4 Å². The van der Waals surface area contributed by atoms with Gasteiger partial charge in [-0.1, -0.05) is 29.3 Å². The molecule has 0 spiro atoms. The number of rotatable bonds is 5. The van der Waals surface area contributed by atoms with Crippen molar-refractivity contribution in [2.45, 2.75) is 6.92 Å². The zero-order valence-corrected chi connectivity index (χ0v) is 19.0. The number of hydrogen-bond acceptors (Lipinski definition) is 6. The van der Waals surface area contributed by atoms with Gasteiger partial charge in [-0.05, 0) is 43.3 Å². The molecule has 1 amide bonds. The van der Waals surface area contributed by atoms with E-state index in [4.69, 9.17) is 28.9 Å². The number of carbonyl (C=O) groups is 1. The molecule has 0 aliphatic rings. The zero-order valence-electron chi connectivity index (χ0n) is 17.5. The first kappa shape index (κ1) is 21.8. The lowest BCUT2D eigenvalue weighted by atomic mass is 10.3. The fourth-order valence-electron chi connectivity index (χ4n) is 3.51. The number of benzene rings is 1. The van der Waals surface area contributed by atoms with Gasteiger partial charge in [0.2, 0.25) is 0 Å². The third-order valence-corrected chi connectivity index (χ3v) is 5.70. The van der Waals surface area contributed by atoms with E-state index in [1.807, 2.05) is 6.92 Å². The molecule has 0 fully saturated rings. The quantitative estimate of drug-likeness (QED) is 0.368. The molecule has 0 aliphatic carbocycles. The van der Waals surface area contributed by atoms with Crippen LogP contribution >= 0.6 is 23.2 Å². The van der Waals surface area contributed by atoms with Crippen LogP contribution in [0.5, 0.6) is 0 Å². The van der Waals surface area contributed by atoms with Gasteiger partial charge < -0.3 is 11.1 Å². The SMILES string of the molecule is Cc1ccc(F)c2nnc(-c3ccc(Nc4cn(-c5c(Cl)cccc5Cl)nc4C(N)=O)cn3)n12. The number of hydrogen-bond donors (Lipinski definition) is 2. The van der Waals surface area contributed by atoms with Crippen LogP contribution in [0.3, 0.4) is 0 Å². The van der Waals surface area contributed by atoms with E-state index < -0.39 is 11.7 Å². The molecule has 0 saturated heterocycles. The van der Waals surface area contributed by atoms with Gasteiger partial charge in [-0.2, -0.15) is 5.10 Å². The predicted molar refractivity (Wildman–Crippen MR) is 126 cm³/mol. The summed E-state index contributed by atoms with van der Waals surface area (Å²) in [6.45, 7) is 1.82. The van der Waals surface area contributed by atoms with E-state index in [2.05, 4.69) is 25.6 Å². The van der Waals surface area contributed by atoms with Gasteiger partial charge in [0.05, 0.1) is 33.8 Å². The maximum atomic E-state index is 14.1. The third-order valence-electron chi connectivity index (χ3n) is 5.09. The molecular weight excluding hydrogens is 482 g/mol. The molecule has 3 N–H and O–H groups in total. The summed E-state index contributed by atoms with van der Waals surface area (Å²) in [5.41, 5.74) is 8.18. The highest BCUT2D eigenvalue weighted by atomic mass is 35.5. The van der Waals surface area contributed by atoms with Crippen molar-refractivity contribution in [2.75, 3.05) is 5.32 Å². The van der Waals surface area contributed by atoms with E-state index >= 15 is 0 Å². The summed E-state index contributed by atoms with van der Waals surface area (Å²) in [6, 6.07) is 11.4. The number of aryl methyl sites for hydroxylation is 1. The highest BCUT2D eigenvalue weighted by Crippen LogP contribution is 2.30. The van der Waals surface area contributed by atoms with Crippen LogP contribution in [-0.2, 0) is 0 Å². The number of primary amides is 1. The molecule has 5 rings (SSSR count). The van der Waals surface area contributed by atoms with Gasteiger partial charge in [-0.25, -0.2) is 9.07 Å². The first-order valence-corrected chi connectivity index (χ1v) is 10.7. The standard InChI is InChI=1S/C22H15Cl2FN8O/c1-11-5-7-15(25)21-29-30-22(33(11)21)16-8-6-12(9-27-16)28-17-10-32(31-18(17)20(26)34)19-13(23)3-2-4-14(19)24/h2-10,28H,1H3,(H2,26,34). The van der Waals surface area contributed by atoms with Gasteiger partial charge in [0.1, 0.15) is 11.4 Å². The van der Waals surface area contributed by atoms with Gasteiger partial charge in [0.15, 0.2) is 23.0 Å². The van der Waals surface area contributed by atoms with Gasteiger partial charge >= 0.3 is 0 Å². The average molecular weight is 497 g/mol. The van der Waals surface area contributed by atoms with Gasteiger partial charge in [-0.3, -0.25) is 14.2 Å². The Morgan fingerprint density at radius 3 is 2.53 bits per heavy atom. The normalized spacial score (nSPS) is 11.2. The molecule has 4 heterocycles. The Kier molecular flexibility index (Phi) is 5.39. The Hall–Kier alpha value is -4.02. The van der Waals surface area contributed by atoms with Crippen LogP contribution in [0.2, 0.25) is 10.0 Å². The number of nitrogens with one attached hydrogen (secondary N) is 1.